The number of hydrogen-bond donors (Lipinski definition) is 1. The lowest BCUT2D eigenvalue weighted by molar-refractivity contribution is 0.0681. The molecule has 0 spiro atoms. The van der Waals surface area contributed by atoms with Crippen LogP contribution in [0.2, 0.25) is 0 Å². The van der Waals surface area contributed by atoms with Crippen LogP contribution >= 0.6 is 11.3 Å². The Labute approximate surface area is 132 Å². The molecule has 2 aromatic rings. The molecule has 1 fully saturated rings. The first kappa shape index (κ1) is 14.7. The van der Waals surface area contributed by atoms with Crippen molar-refractivity contribution in [3.05, 3.63) is 40.4 Å². The second-order valence-corrected chi connectivity index (χ2v) is 6.18. The summed E-state index contributed by atoms with van der Waals surface area (Å²) in [5.74, 6) is -1.30. The maximum atomic E-state index is 12.8. The van der Waals surface area contributed by atoms with E-state index in [-0.39, 0.29) is 17.0 Å². The van der Waals surface area contributed by atoms with Crippen LogP contribution in [0.3, 0.4) is 0 Å². The predicted molar refractivity (Wildman–Crippen MR) is 84.4 cm³/mol. The largest absolute Gasteiger partial charge is 0.478 e. The molecule has 22 heavy (non-hydrogen) atoms. The number of carbonyl (C=O) groups excluding carboxylic acids is 1. The molecule has 0 radical (unpaired) electrons. The highest BCUT2D eigenvalue weighted by atomic mass is 32.1. The van der Waals surface area contributed by atoms with Gasteiger partial charge in [-0.15, -0.1) is 11.3 Å². The van der Waals surface area contributed by atoms with E-state index in [1.807, 2.05) is 12.3 Å². The summed E-state index contributed by atoms with van der Waals surface area (Å²) < 4.78 is 0. The predicted octanol–water partition coefficient (Wildman–Crippen LogP) is 3.05. The number of carboxylic acid groups (broad SMARTS) is 1. The van der Waals surface area contributed by atoms with Crippen molar-refractivity contribution in [2.45, 2.75) is 19.8 Å². The third kappa shape index (κ3) is 2.62. The SMILES string of the molecule is Cc1csc(-c2cccc(C(=O)O)c2C(=O)N2CCCC2)n1. The van der Waals surface area contributed by atoms with E-state index in [0.717, 1.165) is 18.5 Å². The van der Waals surface area contributed by atoms with E-state index >= 15 is 0 Å². The van der Waals surface area contributed by atoms with Crippen molar-refractivity contribution in [1.29, 1.82) is 0 Å². The van der Waals surface area contributed by atoms with Gasteiger partial charge in [0.2, 0.25) is 0 Å². The molecular formula is C16H16N2O3S. The lowest BCUT2D eigenvalue weighted by Gasteiger charge is -2.18. The molecule has 3 rings (SSSR count). The van der Waals surface area contributed by atoms with E-state index in [4.69, 9.17) is 0 Å². The first-order chi connectivity index (χ1) is 10.6. The molecule has 0 bridgehead atoms. The van der Waals surface area contributed by atoms with Gasteiger partial charge >= 0.3 is 5.97 Å². The van der Waals surface area contributed by atoms with E-state index in [9.17, 15) is 14.7 Å². The van der Waals surface area contributed by atoms with E-state index in [1.165, 1.54) is 17.4 Å². The van der Waals surface area contributed by atoms with Crippen molar-refractivity contribution in [3.8, 4) is 10.6 Å². The van der Waals surface area contributed by atoms with E-state index < -0.39 is 5.97 Å². The van der Waals surface area contributed by atoms with Crippen LogP contribution in [0, 0.1) is 6.92 Å². The zero-order valence-electron chi connectivity index (χ0n) is 12.2. The van der Waals surface area contributed by atoms with Gasteiger partial charge in [-0.25, -0.2) is 9.78 Å². The molecule has 6 heteroatoms. The van der Waals surface area contributed by atoms with Crippen LogP contribution in [0.1, 0.15) is 39.3 Å². The maximum absolute atomic E-state index is 12.8. The normalized spacial score (nSPS) is 14.3. The standard InChI is InChI=1S/C16H16N2O3S/c1-10-9-22-14(17-10)11-5-4-6-12(16(20)21)13(11)15(19)18-7-2-3-8-18/h4-6,9H,2-3,7-8H2,1H3,(H,20,21). The van der Waals surface area contributed by atoms with Gasteiger partial charge in [0.15, 0.2) is 0 Å². The number of nitrogens with zero attached hydrogens (tertiary/aromatic N) is 2. The molecule has 0 unspecified atom stereocenters. The summed E-state index contributed by atoms with van der Waals surface area (Å²) in [7, 11) is 0. The number of benzene rings is 1. The molecule has 0 saturated carbocycles. The Morgan fingerprint density at radius 2 is 2.00 bits per heavy atom. The highest BCUT2D eigenvalue weighted by Gasteiger charge is 2.27. The number of carbonyl (C=O) groups is 2. The minimum absolute atomic E-state index is 0.0438. The number of carboxylic acids is 1. The number of thiazole rings is 1. The Balaban J connectivity index is 2.15. The molecule has 0 atom stereocenters. The third-order valence-corrected chi connectivity index (χ3v) is 4.74. The number of likely N-dealkylation sites (tertiary alicyclic amines) is 1. The molecule has 1 aromatic carbocycles. The van der Waals surface area contributed by atoms with E-state index in [1.54, 1.807) is 17.0 Å². The molecular weight excluding hydrogens is 300 g/mol. The summed E-state index contributed by atoms with van der Waals surface area (Å²) in [6.45, 7) is 3.25. The number of amides is 1. The molecule has 1 aliphatic rings. The van der Waals surface area contributed by atoms with Gasteiger partial charge < -0.3 is 10.0 Å². The number of aryl methyl sites for hydroxylation is 1. The molecule has 1 saturated heterocycles. The maximum Gasteiger partial charge on any atom is 0.336 e. The van der Waals surface area contributed by atoms with Gasteiger partial charge in [-0.2, -0.15) is 0 Å². The second-order valence-electron chi connectivity index (χ2n) is 5.33. The molecule has 5 nitrogen and oxygen atoms in total. The summed E-state index contributed by atoms with van der Waals surface area (Å²) in [5.41, 5.74) is 1.77. The fourth-order valence-corrected chi connectivity index (χ4v) is 3.52. The Morgan fingerprint density at radius 3 is 2.59 bits per heavy atom. The van der Waals surface area contributed by atoms with Crippen LogP contribution in [0.5, 0.6) is 0 Å². The highest BCUT2D eigenvalue weighted by molar-refractivity contribution is 7.13. The Hall–Kier alpha value is -2.21. The average molecular weight is 316 g/mol. The van der Waals surface area contributed by atoms with Crippen LogP contribution < -0.4 is 0 Å². The minimum Gasteiger partial charge on any atom is -0.478 e. The smallest absolute Gasteiger partial charge is 0.336 e. The van der Waals surface area contributed by atoms with Crippen molar-refractivity contribution in [1.82, 2.24) is 9.88 Å². The van der Waals surface area contributed by atoms with E-state index in [2.05, 4.69) is 4.98 Å². The van der Waals surface area contributed by atoms with Gasteiger partial charge in [-0.05, 0) is 25.8 Å². The highest BCUT2D eigenvalue weighted by Crippen LogP contribution is 2.31. The van der Waals surface area contributed by atoms with Gasteiger partial charge in [-0.1, -0.05) is 12.1 Å². The molecule has 1 amide bonds. The zero-order valence-corrected chi connectivity index (χ0v) is 13.0. The molecule has 1 aromatic heterocycles. The third-order valence-electron chi connectivity index (χ3n) is 3.75. The monoisotopic (exact) mass is 316 g/mol. The van der Waals surface area contributed by atoms with Crippen LogP contribution in [0.25, 0.3) is 10.6 Å². The van der Waals surface area contributed by atoms with Crippen LogP contribution in [-0.2, 0) is 0 Å². The van der Waals surface area contributed by atoms with Crippen LogP contribution in [0.4, 0.5) is 0 Å². The van der Waals surface area contributed by atoms with Gasteiger partial charge in [0, 0.05) is 29.7 Å². The first-order valence-corrected chi connectivity index (χ1v) is 8.04. The molecule has 1 aliphatic heterocycles. The fraction of sp³-hybridized carbons (Fsp3) is 0.312. The Kier molecular flexibility index (Phi) is 3.94. The molecule has 114 valence electrons. The summed E-state index contributed by atoms with van der Waals surface area (Å²) >= 11 is 1.42. The van der Waals surface area contributed by atoms with Crippen molar-refractivity contribution in [2.24, 2.45) is 0 Å². The number of hydrogen-bond acceptors (Lipinski definition) is 4. The lowest BCUT2D eigenvalue weighted by Crippen LogP contribution is -2.29. The summed E-state index contributed by atoms with van der Waals surface area (Å²) in [5, 5.41) is 12.0. The van der Waals surface area contributed by atoms with Gasteiger partial charge in [-0.3, -0.25) is 4.79 Å². The number of aromatic nitrogens is 1. The van der Waals surface area contributed by atoms with Crippen molar-refractivity contribution < 1.29 is 14.7 Å². The second kappa shape index (κ2) is 5.88. The van der Waals surface area contributed by atoms with E-state index in [0.29, 0.717) is 23.7 Å². The zero-order chi connectivity index (χ0) is 15.7. The van der Waals surface area contributed by atoms with Crippen molar-refractivity contribution >= 4 is 23.2 Å². The van der Waals surface area contributed by atoms with Crippen molar-refractivity contribution in [3.63, 3.8) is 0 Å². The van der Waals surface area contributed by atoms with Crippen LogP contribution in [-0.4, -0.2) is 40.0 Å². The van der Waals surface area contributed by atoms with Gasteiger partial charge in [0.25, 0.3) is 5.91 Å². The van der Waals surface area contributed by atoms with Crippen molar-refractivity contribution in [2.75, 3.05) is 13.1 Å². The van der Waals surface area contributed by atoms with Crippen LogP contribution in [0.15, 0.2) is 23.6 Å². The number of rotatable bonds is 3. The average Bonchev–Trinajstić information content (AvgIpc) is 3.17. The topological polar surface area (TPSA) is 70.5 Å². The van der Waals surface area contributed by atoms with Gasteiger partial charge in [0.05, 0.1) is 11.1 Å². The fourth-order valence-electron chi connectivity index (χ4n) is 2.70. The molecule has 2 heterocycles. The molecule has 0 aliphatic carbocycles. The summed E-state index contributed by atoms with van der Waals surface area (Å²) in [6.07, 6.45) is 1.93. The first-order valence-electron chi connectivity index (χ1n) is 7.16. The summed E-state index contributed by atoms with van der Waals surface area (Å²) in [6, 6.07) is 4.92. The Morgan fingerprint density at radius 1 is 1.27 bits per heavy atom. The Bertz CT molecular complexity index is 733. The lowest BCUT2D eigenvalue weighted by atomic mass is 10.00. The number of aromatic carboxylic acids is 1. The van der Waals surface area contributed by atoms with Gasteiger partial charge in [0.1, 0.15) is 5.01 Å². The minimum atomic E-state index is -1.09. The quantitative estimate of drug-likeness (QED) is 0.945. The molecule has 1 N–H and O–H groups in total. The summed E-state index contributed by atoms with van der Waals surface area (Å²) in [4.78, 5) is 30.5.